The number of anilines is 2. The van der Waals surface area contributed by atoms with E-state index in [0.717, 1.165) is 12.8 Å². The highest BCUT2D eigenvalue weighted by Gasteiger charge is 2.24. The molecule has 1 aromatic heterocycles. The normalized spacial score (nSPS) is 17.1. The average molecular weight is 211 g/mol. The van der Waals surface area contributed by atoms with E-state index in [9.17, 15) is 0 Å². The van der Waals surface area contributed by atoms with Crippen LogP contribution in [-0.4, -0.2) is 39.5 Å². The second-order valence-corrected chi connectivity index (χ2v) is 3.88. The van der Waals surface area contributed by atoms with Gasteiger partial charge in [0.05, 0.1) is 6.61 Å². The lowest BCUT2D eigenvalue weighted by atomic mass is 10.2. The Hall–Kier alpha value is -1.30. The average Bonchev–Trinajstić information content (AvgIpc) is 2.85. The van der Waals surface area contributed by atoms with Gasteiger partial charge in [-0.1, -0.05) is 12.8 Å². The number of rotatable bonds is 4. The summed E-state index contributed by atoms with van der Waals surface area (Å²) in [5.41, 5.74) is 5.49. The van der Waals surface area contributed by atoms with Crippen molar-refractivity contribution in [1.82, 2.24) is 15.2 Å². The minimum Gasteiger partial charge on any atom is -0.395 e. The molecule has 15 heavy (non-hydrogen) atoms. The van der Waals surface area contributed by atoms with Crippen molar-refractivity contribution in [3.8, 4) is 0 Å². The molecule has 0 bridgehead atoms. The predicted octanol–water partition coefficient (Wildman–Crippen LogP) is 0.128. The molecule has 6 nitrogen and oxygen atoms in total. The van der Waals surface area contributed by atoms with Gasteiger partial charge in [-0.25, -0.2) is 5.10 Å². The van der Waals surface area contributed by atoms with Gasteiger partial charge in [0.1, 0.15) is 0 Å². The van der Waals surface area contributed by atoms with E-state index in [2.05, 4.69) is 15.2 Å². The summed E-state index contributed by atoms with van der Waals surface area (Å²) in [6, 6.07) is 0.451. The summed E-state index contributed by atoms with van der Waals surface area (Å²) in [5, 5.41) is 15.7. The first kappa shape index (κ1) is 10.2. The van der Waals surface area contributed by atoms with Crippen molar-refractivity contribution in [1.29, 1.82) is 0 Å². The van der Waals surface area contributed by atoms with Crippen LogP contribution >= 0.6 is 0 Å². The Morgan fingerprint density at radius 1 is 1.47 bits per heavy atom. The van der Waals surface area contributed by atoms with E-state index in [1.807, 2.05) is 4.90 Å². The number of aromatic nitrogens is 3. The van der Waals surface area contributed by atoms with Gasteiger partial charge in [0, 0.05) is 12.6 Å². The van der Waals surface area contributed by atoms with E-state index in [-0.39, 0.29) is 6.61 Å². The van der Waals surface area contributed by atoms with Crippen molar-refractivity contribution >= 4 is 11.9 Å². The monoisotopic (exact) mass is 211 g/mol. The Kier molecular flexibility index (Phi) is 3.05. The number of hydrogen-bond donors (Lipinski definition) is 3. The Morgan fingerprint density at radius 2 is 2.20 bits per heavy atom. The number of nitrogens with two attached hydrogens (primary N) is 1. The lowest BCUT2D eigenvalue weighted by molar-refractivity contribution is 0.296. The van der Waals surface area contributed by atoms with Crippen LogP contribution in [0.25, 0.3) is 0 Å². The van der Waals surface area contributed by atoms with Gasteiger partial charge in [-0.2, -0.15) is 4.98 Å². The smallest absolute Gasteiger partial charge is 0.246 e. The fraction of sp³-hybridized carbons (Fsp3) is 0.778. The first-order chi connectivity index (χ1) is 7.31. The molecule has 84 valence electrons. The molecule has 0 aromatic carbocycles. The molecule has 0 aliphatic heterocycles. The first-order valence-electron chi connectivity index (χ1n) is 5.36. The van der Waals surface area contributed by atoms with Gasteiger partial charge in [-0.05, 0) is 12.8 Å². The fourth-order valence-electron chi connectivity index (χ4n) is 2.16. The quantitative estimate of drug-likeness (QED) is 0.658. The van der Waals surface area contributed by atoms with Crippen molar-refractivity contribution in [3.05, 3.63) is 0 Å². The summed E-state index contributed by atoms with van der Waals surface area (Å²) in [5.74, 6) is 0.930. The maximum absolute atomic E-state index is 9.03. The third-order valence-corrected chi connectivity index (χ3v) is 2.85. The van der Waals surface area contributed by atoms with Crippen LogP contribution in [0.4, 0.5) is 11.9 Å². The molecule has 1 saturated carbocycles. The summed E-state index contributed by atoms with van der Waals surface area (Å²) in [6.45, 7) is 0.687. The molecular weight excluding hydrogens is 194 g/mol. The van der Waals surface area contributed by atoms with Crippen molar-refractivity contribution < 1.29 is 5.11 Å². The molecule has 1 aliphatic rings. The van der Waals surface area contributed by atoms with Crippen LogP contribution in [0.1, 0.15) is 25.7 Å². The van der Waals surface area contributed by atoms with E-state index in [1.165, 1.54) is 12.8 Å². The minimum absolute atomic E-state index is 0.116. The molecule has 4 N–H and O–H groups in total. The van der Waals surface area contributed by atoms with Gasteiger partial charge >= 0.3 is 0 Å². The van der Waals surface area contributed by atoms with E-state index < -0.39 is 0 Å². The maximum Gasteiger partial charge on any atom is 0.246 e. The molecular formula is C9H17N5O. The molecule has 6 heteroatoms. The summed E-state index contributed by atoms with van der Waals surface area (Å²) < 4.78 is 0. The Morgan fingerprint density at radius 3 is 2.73 bits per heavy atom. The summed E-state index contributed by atoms with van der Waals surface area (Å²) in [4.78, 5) is 6.14. The van der Waals surface area contributed by atoms with E-state index >= 15 is 0 Å². The summed E-state index contributed by atoms with van der Waals surface area (Å²) in [7, 11) is 0. The van der Waals surface area contributed by atoms with Crippen molar-refractivity contribution in [3.63, 3.8) is 0 Å². The standard InChI is InChI=1S/C9H17N5O/c10-8-11-9(13-12-8)14(5-6-15)7-3-1-2-4-7/h7,15H,1-6H2,(H3,10,11,12,13). The molecule has 2 rings (SSSR count). The molecule has 0 atom stereocenters. The van der Waals surface area contributed by atoms with Crippen LogP contribution in [0.5, 0.6) is 0 Å². The number of aliphatic hydroxyl groups is 1. The largest absolute Gasteiger partial charge is 0.395 e. The Labute approximate surface area is 88.5 Å². The van der Waals surface area contributed by atoms with Crippen LogP contribution in [0.15, 0.2) is 0 Å². The number of nitrogens with one attached hydrogen (secondary N) is 1. The lowest BCUT2D eigenvalue weighted by Crippen LogP contribution is -2.36. The molecule has 1 aromatic rings. The number of nitrogen functional groups attached to an aromatic ring is 1. The van der Waals surface area contributed by atoms with Crippen LogP contribution in [0.2, 0.25) is 0 Å². The van der Waals surface area contributed by atoms with Crippen LogP contribution in [-0.2, 0) is 0 Å². The van der Waals surface area contributed by atoms with Gasteiger partial charge in [0.25, 0.3) is 0 Å². The van der Waals surface area contributed by atoms with Crippen LogP contribution in [0, 0.1) is 0 Å². The maximum atomic E-state index is 9.03. The Balaban J connectivity index is 2.11. The molecule has 0 saturated heterocycles. The number of hydrogen-bond acceptors (Lipinski definition) is 5. The van der Waals surface area contributed by atoms with Gasteiger partial charge in [0.15, 0.2) is 0 Å². The second-order valence-electron chi connectivity index (χ2n) is 3.88. The van der Waals surface area contributed by atoms with Crippen LogP contribution < -0.4 is 10.6 Å². The topological polar surface area (TPSA) is 91.1 Å². The van der Waals surface area contributed by atoms with Gasteiger partial charge in [-0.3, -0.25) is 0 Å². The van der Waals surface area contributed by atoms with Crippen molar-refractivity contribution in [2.45, 2.75) is 31.7 Å². The highest BCUT2D eigenvalue weighted by Crippen LogP contribution is 2.25. The van der Waals surface area contributed by atoms with E-state index in [0.29, 0.717) is 24.5 Å². The molecule has 1 fully saturated rings. The molecule has 0 spiro atoms. The highest BCUT2D eigenvalue weighted by atomic mass is 16.3. The Bertz CT molecular complexity index is 307. The molecule has 0 unspecified atom stereocenters. The molecule has 1 heterocycles. The zero-order chi connectivity index (χ0) is 10.7. The van der Waals surface area contributed by atoms with Crippen LogP contribution in [0.3, 0.4) is 0 Å². The number of aromatic amines is 1. The van der Waals surface area contributed by atoms with Gasteiger partial charge in [0.2, 0.25) is 11.9 Å². The van der Waals surface area contributed by atoms with Crippen molar-refractivity contribution in [2.75, 3.05) is 23.8 Å². The second kappa shape index (κ2) is 4.48. The van der Waals surface area contributed by atoms with E-state index in [4.69, 9.17) is 10.8 Å². The zero-order valence-electron chi connectivity index (χ0n) is 8.69. The molecule has 1 aliphatic carbocycles. The number of H-pyrrole nitrogens is 1. The fourth-order valence-corrected chi connectivity index (χ4v) is 2.16. The highest BCUT2D eigenvalue weighted by molar-refractivity contribution is 5.35. The minimum atomic E-state index is 0.116. The third kappa shape index (κ3) is 2.20. The number of aliphatic hydroxyl groups excluding tert-OH is 1. The van der Waals surface area contributed by atoms with Crippen molar-refractivity contribution in [2.24, 2.45) is 0 Å². The summed E-state index contributed by atoms with van der Waals surface area (Å²) in [6.07, 6.45) is 4.78. The molecule has 0 radical (unpaired) electrons. The first-order valence-corrected chi connectivity index (χ1v) is 5.36. The predicted molar refractivity (Wildman–Crippen MR) is 57.5 cm³/mol. The van der Waals surface area contributed by atoms with Gasteiger partial charge < -0.3 is 15.7 Å². The van der Waals surface area contributed by atoms with Gasteiger partial charge in [-0.15, -0.1) is 5.10 Å². The number of nitrogens with zero attached hydrogens (tertiary/aromatic N) is 3. The SMILES string of the molecule is Nc1nc(N(CCO)C2CCCC2)n[nH]1. The lowest BCUT2D eigenvalue weighted by Gasteiger charge is -2.26. The molecule has 0 amide bonds. The summed E-state index contributed by atoms with van der Waals surface area (Å²) >= 11 is 0. The van der Waals surface area contributed by atoms with E-state index in [1.54, 1.807) is 0 Å². The zero-order valence-corrected chi connectivity index (χ0v) is 8.69. The third-order valence-electron chi connectivity index (χ3n) is 2.85.